The van der Waals surface area contributed by atoms with Crippen molar-refractivity contribution < 1.29 is 8.78 Å². The lowest BCUT2D eigenvalue weighted by atomic mass is 9.77. The third-order valence-corrected chi connectivity index (χ3v) is 5.38. The maximum absolute atomic E-state index is 13.8. The first-order chi connectivity index (χ1) is 12.7. The van der Waals surface area contributed by atoms with Crippen LogP contribution in [-0.4, -0.2) is 6.67 Å². The highest BCUT2D eigenvalue weighted by molar-refractivity contribution is 5.64. The summed E-state index contributed by atoms with van der Waals surface area (Å²) in [5, 5.41) is 8.83. The zero-order chi connectivity index (χ0) is 18.4. The van der Waals surface area contributed by atoms with Gasteiger partial charge in [-0.2, -0.15) is 5.26 Å². The van der Waals surface area contributed by atoms with Gasteiger partial charge in [0.15, 0.2) is 0 Å². The Morgan fingerprint density at radius 2 is 1.65 bits per heavy atom. The topological polar surface area (TPSA) is 23.8 Å². The first-order valence-electron chi connectivity index (χ1n) is 9.22. The van der Waals surface area contributed by atoms with E-state index in [9.17, 15) is 8.78 Å². The Hall–Kier alpha value is -2.47. The largest absolute Gasteiger partial charge is 0.247 e. The van der Waals surface area contributed by atoms with Crippen LogP contribution in [0.15, 0.2) is 54.6 Å². The fourth-order valence-electron chi connectivity index (χ4n) is 3.82. The van der Waals surface area contributed by atoms with Crippen LogP contribution in [0.25, 0.3) is 11.1 Å². The van der Waals surface area contributed by atoms with Gasteiger partial charge in [-0.05, 0) is 72.8 Å². The predicted molar refractivity (Wildman–Crippen MR) is 101 cm³/mol. The summed E-state index contributed by atoms with van der Waals surface area (Å²) in [6.45, 7) is -0.370. The Bertz CT molecular complexity index is 794. The second-order valence-corrected chi connectivity index (χ2v) is 7.01. The fraction of sp³-hybridized carbons (Fsp3) is 0.348. The number of rotatable bonds is 5. The van der Waals surface area contributed by atoms with E-state index >= 15 is 0 Å². The SMILES string of the molecule is N#Cc1ccc(-c2ccc(C3CCC(C/C=C/CF)CC3)cc2)cc1F. The standard InChI is InChI=1S/C23H23F2N/c24-14-2-1-3-17-4-6-18(7-5-17)19-8-10-20(11-9-19)21-12-13-22(16-26)23(25)15-21/h1-2,8-13,15,17-18H,3-7,14H2/b2-1+. The smallest absolute Gasteiger partial charge is 0.141 e. The highest BCUT2D eigenvalue weighted by Gasteiger charge is 2.21. The van der Waals surface area contributed by atoms with Crippen LogP contribution in [0.2, 0.25) is 0 Å². The number of allylic oxidation sites excluding steroid dienone is 2. The number of alkyl halides is 1. The van der Waals surface area contributed by atoms with E-state index in [2.05, 4.69) is 12.1 Å². The summed E-state index contributed by atoms with van der Waals surface area (Å²) in [6, 6.07) is 14.9. The lowest BCUT2D eigenvalue weighted by Gasteiger charge is -2.28. The molecule has 0 amide bonds. The van der Waals surface area contributed by atoms with Crippen molar-refractivity contribution in [2.45, 2.75) is 38.0 Å². The normalized spacial score (nSPS) is 20.2. The van der Waals surface area contributed by atoms with E-state index in [0.29, 0.717) is 11.8 Å². The van der Waals surface area contributed by atoms with Crippen molar-refractivity contribution in [3.8, 4) is 17.2 Å². The van der Waals surface area contributed by atoms with Gasteiger partial charge in [-0.25, -0.2) is 8.78 Å². The maximum Gasteiger partial charge on any atom is 0.141 e. The van der Waals surface area contributed by atoms with Gasteiger partial charge in [0.1, 0.15) is 18.6 Å². The van der Waals surface area contributed by atoms with Crippen LogP contribution >= 0.6 is 0 Å². The van der Waals surface area contributed by atoms with Crippen LogP contribution in [0.1, 0.15) is 49.1 Å². The number of hydrogen-bond donors (Lipinski definition) is 0. The Balaban J connectivity index is 1.63. The summed E-state index contributed by atoms with van der Waals surface area (Å²) >= 11 is 0. The van der Waals surface area contributed by atoms with Crippen LogP contribution in [0.5, 0.6) is 0 Å². The molecule has 0 bridgehead atoms. The average Bonchev–Trinajstić information content (AvgIpc) is 2.69. The van der Waals surface area contributed by atoms with Crippen LogP contribution in [0.4, 0.5) is 8.78 Å². The van der Waals surface area contributed by atoms with Gasteiger partial charge >= 0.3 is 0 Å². The van der Waals surface area contributed by atoms with E-state index in [4.69, 9.17) is 5.26 Å². The molecule has 1 aliphatic carbocycles. The van der Waals surface area contributed by atoms with Gasteiger partial charge < -0.3 is 0 Å². The molecular formula is C23H23F2N. The van der Waals surface area contributed by atoms with Crippen LogP contribution in [0, 0.1) is 23.1 Å². The zero-order valence-electron chi connectivity index (χ0n) is 14.8. The Labute approximate surface area is 154 Å². The monoisotopic (exact) mass is 351 g/mol. The summed E-state index contributed by atoms with van der Waals surface area (Å²) in [4.78, 5) is 0. The number of benzene rings is 2. The van der Waals surface area contributed by atoms with Crippen LogP contribution in [0.3, 0.4) is 0 Å². The third kappa shape index (κ3) is 4.38. The Morgan fingerprint density at radius 3 is 2.27 bits per heavy atom. The summed E-state index contributed by atoms with van der Waals surface area (Å²) in [5.41, 5.74) is 3.16. The molecule has 2 aromatic rings. The Morgan fingerprint density at radius 1 is 0.962 bits per heavy atom. The minimum atomic E-state index is -0.478. The molecule has 26 heavy (non-hydrogen) atoms. The molecule has 3 heteroatoms. The van der Waals surface area contributed by atoms with Crippen molar-refractivity contribution in [2.75, 3.05) is 6.67 Å². The van der Waals surface area contributed by atoms with Gasteiger partial charge in [-0.3, -0.25) is 0 Å². The molecule has 3 rings (SSSR count). The number of halogens is 2. The van der Waals surface area contributed by atoms with Crippen molar-refractivity contribution in [1.82, 2.24) is 0 Å². The summed E-state index contributed by atoms with van der Waals surface area (Å²) < 4.78 is 25.9. The lowest BCUT2D eigenvalue weighted by molar-refractivity contribution is 0.328. The van der Waals surface area contributed by atoms with E-state index in [1.54, 1.807) is 12.1 Å². The van der Waals surface area contributed by atoms with Crippen molar-refractivity contribution in [2.24, 2.45) is 5.92 Å². The molecule has 0 heterocycles. The van der Waals surface area contributed by atoms with E-state index in [1.165, 1.54) is 43.4 Å². The van der Waals surface area contributed by atoms with Gasteiger partial charge in [0, 0.05) is 0 Å². The Kier molecular flexibility index (Phi) is 6.17. The molecule has 2 aromatic carbocycles. The summed E-state index contributed by atoms with van der Waals surface area (Å²) in [5.74, 6) is 0.771. The molecule has 134 valence electrons. The minimum absolute atomic E-state index is 0.0727. The molecule has 0 radical (unpaired) electrons. The molecule has 0 aliphatic heterocycles. The highest BCUT2D eigenvalue weighted by atomic mass is 19.1. The van der Waals surface area contributed by atoms with Gasteiger partial charge in [0.25, 0.3) is 0 Å². The summed E-state index contributed by atoms with van der Waals surface area (Å²) in [6.07, 6.45) is 9.26. The van der Waals surface area contributed by atoms with Gasteiger partial charge in [-0.15, -0.1) is 0 Å². The van der Waals surface area contributed by atoms with Crippen LogP contribution in [-0.2, 0) is 0 Å². The lowest BCUT2D eigenvalue weighted by Crippen LogP contribution is -2.12. The van der Waals surface area contributed by atoms with Gasteiger partial charge in [0.2, 0.25) is 0 Å². The number of nitriles is 1. The van der Waals surface area contributed by atoms with Gasteiger partial charge in [0.05, 0.1) is 5.56 Å². The van der Waals surface area contributed by atoms with E-state index in [1.807, 2.05) is 24.3 Å². The maximum atomic E-state index is 13.8. The van der Waals surface area contributed by atoms with E-state index in [0.717, 1.165) is 17.5 Å². The van der Waals surface area contributed by atoms with Gasteiger partial charge in [-0.1, -0.05) is 42.5 Å². The molecule has 0 atom stereocenters. The molecule has 0 saturated heterocycles. The first-order valence-corrected chi connectivity index (χ1v) is 9.22. The quantitative estimate of drug-likeness (QED) is 0.560. The molecule has 1 fully saturated rings. The molecule has 0 N–H and O–H groups in total. The molecular weight excluding hydrogens is 328 g/mol. The third-order valence-electron chi connectivity index (χ3n) is 5.38. The molecule has 0 unspecified atom stereocenters. The van der Waals surface area contributed by atoms with Crippen molar-refractivity contribution in [1.29, 1.82) is 5.26 Å². The molecule has 0 aromatic heterocycles. The first kappa shape index (κ1) is 18.3. The number of nitrogens with zero attached hydrogens (tertiary/aromatic N) is 1. The zero-order valence-corrected chi connectivity index (χ0v) is 14.8. The highest BCUT2D eigenvalue weighted by Crippen LogP contribution is 2.37. The van der Waals surface area contributed by atoms with Crippen molar-refractivity contribution in [3.05, 3.63) is 71.6 Å². The van der Waals surface area contributed by atoms with Crippen molar-refractivity contribution in [3.63, 3.8) is 0 Å². The second-order valence-electron chi connectivity index (χ2n) is 7.01. The second kappa shape index (κ2) is 8.76. The molecule has 1 saturated carbocycles. The minimum Gasteiger partial charge on any atom is -0.247 e. The number of hydrogen-bond acceptors (Lipinski definition) is 1. The van der Waals surface area contributed by atoms with Crippen LogP contribution < -0.4 is 0 Å². The fourth-order valence-corrected chi connectivity index (χ4v) is 3.82. The van der Waals surface area contributed by atoms with E-state index in [-0.39, 0.29) is 12.2 Å². The molecule has 1 aliphatic rings. The molecule has 0 spiro atoms. The summed E-state index contributed by atoms with van der Waals surface area (Å²) in [7, 11) is 0. The van der Waals surface area contributed by atoms with E-state index < -0.39 is 5.82 Å². The molecule has 1 nitrogen and oxygen atoms in total. The van der Waals surface area contributed by atoms with Crippen molar-refractivity contribution >= 4 is 0 Å². The predicted octanol–water partition coefficient (Wildman–Crippen LogP) is 6.55. The average molecular weight is 351 g/mol.